The first-order chi connectivity index (χ1) is 16.6. The first-order valence-electron chi connectivity index (χ1n) is 10.9. The van der Waals surface area contributed by atoms with Gasteiger partial charge >= 0.3 is 0 Å². The van der Waals surface area contributed by atoms with E-state index >= 15 is 0 Å². The summed E-state index contributed by atoms with van der Waals surface area (Å²) in [5.41, 5.74) is 6.48. The molecule has 170 valence electrons. The molecule has 0 saturated heterocycles. The fourth-order valence-corrected chi connectivity index (χ4v) is 4.56. The summed E-state index contributed by atoms with van der Waals surface area (Å²) >= 11 is 1.60. The number of hydrogen-bond donors (Lipinski definition) is 1. The maximum absolute atomic E-state index is 11.8. The van der Waals surface area contributed by atoms with Crippen molar-refractivity contribution in [2.45, 2.75) is 6.42 Å². The monoisotopic (exact) mass is 469 g/mol. The summed E-state index contributed by atoms with van der Waals surface area (Å²) in [7, 11) is 3.44. The molecule has 0 radical (unpaired) electrons. The quantitative estimate of drug-likeness (QED) is 0.369. The molecule has 0 fully saturated rings. The van der Waals surface area contributed by atoms with Crippen molar-refractivity contribution in [1.82, 2.24) is 15.1 Å². The van der Waals surface area contributed by atoms with Crippen molar-refractivity contribution in [1.29, 1.82) is 0 Å². The number of hydrogen-bond acceptors (Lipinski definition) is 5. The lowest BCUT2D eigenvalue weighted by atomic mass is 10.1. The number of benzene rings is 2. The van der Waals surface area contributed by atoms with Crippen LogP contribution in [0.1, 0.15) is 16.0 Å². The van der Waals surface area contributed by atoms with E-state index in [1.807, 2.05) is 48.5 Å². The standard InChI is InChI=1S/C27H23N3O3S/c1-30(2)25(31)16-33-21-10-11-23-18(13-21)15-24-26(28-29-27(23)24)19-14-22(34-17-19)9-6-12-32-20-7-4-3-5-8-20/h3-5,7-8,10-11,13-14,17H,12,15-16H2,1-2H3,(H,28,29). The van der Waals surface area contributed by atoms with Gasteiger partial charge in [0.15, 0.2) is 6.61 Å². The molecule has 7 heteroatoms. The van der Waals surface area contributed by atoms with Crippen LogP contribution < -0.4 is 9.47 Å². The molecule has 0 bridgehead atoms. The van der Waals surface area contributed by atoms with Crippen molar-refractivity contribution in [3.05, 3.63) is 76.0 Å². The number of carbonyl (C=O) groups excluding carboxylic acids is 1. The molecule has 2 aromatic carbocycles. The second kappa shape index (κ2) is 9.46. The zero-order chi connectivity index (χ0) is 23.5. The molecule has 0 unspecified atom stereocenters. The molecule has 2 aromatic heterocycles. The van der Waals surface area contributed by atoms with Gasteiger partial charge in [0.1, 0.15) is 18.1 Å². The Morgan fingerprint density at radius 1 is 1.12 bits per heavy atom. The predicted molar refractivity (Wildman–Crippen MR) is 133 cm³/mol. The van der Waals surface area contributed by atoms with Gasteiger partial charge in [-0.25, -0.2) is 0 Å². The molecular formula is C27H23N3O3S. The van der Waals surface area contributed by atoms with Gasteiger partial charge < -0.3 is 14.4 Å². The van der Waals surface area contributed by atoms with Crippen molar-refractivity contribution in [2.75, 3.05) is 27.3 Å². The number of likely N-dealkylation sites (N-methyl/N-ethyl adjacent to an activating group) is 1. The van der Waals surface area contributed by atoms with Crippen LogP contribution in [0.4, 0.5) is 0 Å². The van der Waals surface area contributed by atoms with Crippen LogP contribution in [0, 0.1) is 11.8 Å². The highest BCUT2D eigenvalue weighted by molar-refractivity contribution is 7.11. The zero-order valence-electron chi connectivity index (χ0n) is 18.9. The number of amides is 1. The highest BCUT2D eigenvalue weighted by Gasteiger charge is 2.26. The Morgan fingerprint density at radius 3 is 2.79 bits per heavy atom. The van der Waals surface area contributed by atoms with Crippen LogP contribution in [0.5, 0.6) is 11.5 Å². The fraction of sp³-hybridized carbons (Fsp3) is 0.185. The molecule has 1 aliphatic rings. The van der Waals surface area contributed by atoms with Gasteiger partial charge in [-0.05, 0) is 42.0 Å². The molecule has 1 aliphatic carbocycles. The third kappa shape index (κ3) is 4.54. The van der Waals surface area contributed by atoms with Crippen LogP contribution in [0.3, 0.4) is 0 Å². The fourth-order valence-electron chi connectivity index (χ4n) is 3.80. The predicted octanol–water partition coefficient (Wildman–Crippen LogP) is 4.61. The number of aromatic nitrogens is 2. The zero-order valence-corrected chi connectivity index (χ0v) is 19.7. The topological polar surface area (TPSA) is 67.5 Å². The van der Waals surface area contributed by atoms with E-state index in [0.29, 0.717) is 12.4 Å². The first-order valence-corrected chi connectivity index (χ1v) is 11.8. The summed E-state index contributed by atoms with van der Waals surface area (Å²) in [4.78, 5) is 14.3. The second-order valence-electron chi connectivity index (χ2n) is 8.10. The Morgan fingerprint density at radius 2 is 1.97 bits per heavy atom. The maximum atomic E-state index is 11.8. The number of aromatic amines is 1. The van der Waals surface area contributed by atoms with Crippen LogP contribution in [-0.4, -0.2) is 48.3 Å². The van der Waals surface area contributed by atoms with Crippen molar-refractivity contribution < 1.29 is 14.3 Å². The summed E-state index contributed by atoms with van der Waals surface area (Å²) in [5, 5.41) is 9.87. The van der Waals surface area contributed by atoms with Crippen molar-refractivity contribution in [2.24, 2.45) is 0 Å². The molecule has 6 nitrogen and oxygen atoms in total. The summed E-state index contributed by atoms with van der Waals surface area (Å²) in [6.07, 6.45) is 0.761. The number of carbonyl (C=O) groups is 1. The third-order valence-electron chi connectivity index (χ3n) is 5.58. The van der Waals surface area contributed by atoms with Gasteiger partial charge in [0.25, 0.3) is 5.91 Å². The largest absolute Gasteiger partial charge is 0.484 e. The van der Waals surface area contributed by atoms with Crippen molar-refractivity contribution >= 4 is 17.2 Å². The van der Waals surface area contributed by atoms with E-state index in [9.17, 15) is 4.79 Å². The Bertz CT molecular complexity index is 1390. The van der Waals surface area contributed by atoms with E-state index in [-0.39, 0.29) is 12.5 Å². The minimum Gasteiger partial charge on any atom is -0.484 e. The molecule has 0 aliphatic heterocycles. The van der Waals surface area contributed by atoms with Gasteiger partial charge in [0.2, 0.25) is 0 Å². The lowest BCUT2D eigenvalue weighted by Crippen LogP contribution is -2.27. The molecular weight excluding hydrogens is 446 g/mol. The van der Waals surface area contributed by atoms with Gasteiger partial charge in [-0.15, -0.1) is 11.3 Å². The number of rotatable bonds is 6. The molecule has 2 heterocycles. The van der Waals surface area contributed by atoms with Gasteiger partial charge in [-0.1, -0.05) is 30.0 Å². The van der Waals surface area contributed by atoms with Gasteiger partial charge in [0, 0.05) is 42.6 Å². The molecule has 34 heavy (non-hydrogen) atoms. The van der Waals surface area contributed by atoms with Gasteiger partial charge in [-0.2, -0.15) is 5.10 Å². The highest BCUT2D eigenvalue weighted by atomic mass is 32.1. The molecule has 0 saturated carbocycles. The van der Waals surface area contributed by atoms with Crippen LogP contribution >= 0.6 is 11.3 Å². The summed E-state index contributed by atoms with van der Waals surface area (Å²) in [6.45, 7) is 0.369. The molecule has 1 amide bonds. The van der Waals surface area contributed by atoms with Crippen molar-refractivity contribution in [3.63, 3.8) is 0 Å². The molecule has 4 aromatic rings. The lowest BCUT2D eigenvalue weighted by Gasteiger charge is -2.12. The lowest BCUT2D eigenvalue weighted by molar-refractivity contribution is -0.130. The number of ether oxygens (including phenoxy) is 2. The van der Waals surface area contributed by atoms with E-state index in [1.54, 1.807) is 25.4 Å². The average molecular weight is 470 g/mol. The van der Waals surface area contributed by atoms with E-state index in [4.69, 9.17) is 9.47 Å². The first kappa shape index (κ1) is 21.8. The SMILES string of the molecule is CN(C)C(=O)COc1ccc2c(c1)Cc1c(-c3csc(C#CCOc4ccccc4)c3)n[nH]c1-2. The van der Waals surface area contributed by atoms with E-state index in [0.717, 1.165) is 45.1 Å². The van der Waals surface area contributed by atoms with Gasteiger partial charge in [-0.3, -0.25) is 9.89 Å². The number of fused-ring (bicyclic) bond motifs is 3. The van der Waals surface area contributed by atoms with E-state index < -0.39 is 0 Å². The molecule has 5 rings (SSSR count). The minimum absolute atomic E-state index is 0.0268. The Balaban J connectivity index is 1.27. The Labute approximate surface area is 202 Å². The summed E-state index contributed by atoms with van der Waals surface area (Å²) in [5.74, 6) is 7.69. The summed E-state index contributed by atoms with van der Waals surface area (Å²) in [6, 6.07) is 17.7. The van der Waals surface area contributed by atoms with Crippen LogP contribution in [0.15, 0.2) is 60.0 Å². The number of nitrogens with zero attached hydrogens (tertiary/aromatic N) is 2. The smallest absolute Gasteiger partial charge is 0.259 e. The maximum Gasteiger partial charge on any atom is 0.259 e. The minimum atomic E-state index is -0.0693. The molecule has 0 spiro atoms. The number of thiophene rings is 1. The Hall–Kier alpha value is -4.02. The summed E-state index contributed by atoms with van der Waals surface area (Å²) < 4.78 is 11.3. The molecule has 0 atom stereocenters. The van der Waals surface area contributed by atoms with Gasteiger partial charge in [0.05, 0.1) is 16.3 Å². The third-order valence-corrected chi connectivity index (χ3v) is 6.43. The van der Waals surface area contributed by atoms with Crippen LogP contribution in [0.2, 0.25) is 0 Å². The van der Waals surface area contributed by atoms with Crippen molar-refractivity contribution in [3.8, 4) is 45.9 Å². The van der Waals surface area contributed by atoms with Crippen LogP contribution in [0.25, 0.3) is 22.5 Å². The number of H-pyrrole nitrogens is 1. The van der Waals surface area contributed by atoms with Crippen LogP contribution in [-0.2, 0) is 11.2 Å². The highest BCUT2D eigenvalue weighted by Crippen LogP contribution is 2.42. The molecule has 1 N–H and O–H groups in total. The number of nitrogens with one attached hydrogen (secondary N) is 1. The number of para-hydroxylation sites is 1. The average Bonchev–Trinajstić information content (AvgIpc) is 3.56. The van der Waals surface area contributed by atoms with E-state index in [1.165, 1.54) is 10.5 Å². The normalized spacial score (nSPS) is 11.2. The Kier molecular flexibility index (Phi) is 6.07. The second-order valence-corrected chi connectivity index (χ2v) is 9.01. The van der Waals surface area contributed by atoms with E-state index in [2.05, 4.69) is 33.5 Å².